The molecule has 20 heavy (non-hydrogen) atoms. The number of hydrogen-bond acceptors (Lipinski definition) is 3. The minimum Gasteiger partial charge on any atom is -0.492 e. The Kier molecular flexibility index (Phi) is 4.13. The highest BCUT2D eigenvalue weighted by Gasteiger charge is 2.30. The van der Waals surface area contributed by atoms with E-state index in [2.05, 4.69) is 9.97 Å². The van der Waals surface area contributed by atoms with E-state index < -0.39 is 11.7 Å². The van der Waals surface area contributed by atoms with Crippen molar-refractivity contribution < 1.29 is 17.9 Å². The molecule has 0 aliphatic carbocycles. The first-order valence-corrected chi connectivity index (χ1v) is 5.99. The summed E-state index contributed by atoms with van der Waals surface area (Å²) in [5.41, 5.74) is 0.203. The van der Waals surface area contributed by atoms with E-state index in [0.29, 0.717) is 11.3 Å². The van der Waals surface area contributed by atoms with Crippen LogP contribution in [0, 0.1) is 0 Å². The lowest BCUT2D eigenvalue weighted by atomic mass is 10.1. The van der Waals surface area contributed by atoms with E-state index in [-0.39, 0.29) is 17.3 Å². The van der Waals surface area contributed by atoms with Gasteiger partial charge in [0.2, 0.25) is 0 Å². The number of alkyl halides is 3. The first-order valence-electron chi connectivity index (χ1n) is 5.61. The summed E-state index contributed by atoms with van der Waals surface area (Å²) in [5.74, 6) is 0.270. The van der Waals surface area contributed by atoms with Crippen LogP contribution in [0.2, 0.25) is 5.15 Å². The summed E-state index contributed by atoms with van der Waals surface area (Å²) in [6.45, 7) is 0. The molecule has 0 fully saturated rings. The monoisotopic (exact) mass is 302 g/mol. The highest BCUT2D eigenvalue weighted by molar-refractivity contribution is 6.30. The Balaban J connectivity index is 2.34. The molecule has 0 bridgehead atoms. The summed E-state index contributed by atoms with van der Waals surface area (Å²) in [4.78, 5) is 7.75. The van der Waals surface area contributed by atoms with E-state index in [1.165, 1.54) is 19.5 Å². The van der Waals surface area contributed by atoms with Gasteiger partial charge in [0.15, 0.2) is 10.9 Å². The third kappa shape index (κ3) is 3.19. The lowest BCUT2D eigenvalue weighted by Gasteiger charge is -2.10. The Hall–Kier alpha value is -1.82. The topological polar surface area (TPSA) is 35.0 Å². The Morgan fingerprint density at radius 3 is 2.65 bits per heavy atom. The molecule has 0 saturated heterocycles. The number of rotatable bonds is 3. The molecule has 7 heteroatoms. The second-order valence-electron chi connectivity index (χ2n) is 4.02. The number of aromatic nitrogens is 2. The largest absolute Gasteiger partial charge is 0.492 e. The highest BCUT2D eigenvalue weighted by atomic mass is 35.5. The van der Waals surface area contributed by atoms with Crippen molar-refractivity contribution in [1.29, 1.82) is 0 Å². The van der Waals surface area contributed by atoms with Crippen LogP contribution in [0.25, 0.3) is 0 Å². The van der Waals surface area contributed by atoms with Gasteiger partial charge in [-0.2, -0.15) is 13.2 Å². The van der Waals surface area contributed by atoms with Gasteiger partial charge in [-0.1, -0.05) is 29.8 Å². The van der Waals surface area contributed by atoms with Gasteiger partial charge in [0.1, 0.15) is 6.33 Å². The third-order valence-electron chi connectivity index (χ3n) is 2.66. The maximum absolute atomic E-state index is 12.6. The van der Waals surface area contributed by atoms with Crippen LogP contribution in [0.15, 0.2) is 30.6 Å². The highest BCUT2D eigenvalue weighted by Crippen LogP contribution is 2.31. The molecule has 0 unspecified atom stereocenters. The average molecular weight is 303 g/mol. The number of benzene rings is 1. The molecule has 0 atom stereocenters. The normalized spacial score (nSPS) is 11.4. The van der Waals surface area contributed by atoms with Crippen molar-refractivity contribution in [3.05, 3.63) is 52.6 Å². The fourth-order valence-electron chi connectivity index (χ4n) is 1.76. The zero-order valence-electron chi connectivity index (χ0n) is 10.4. The summed E-state index contributed by atoms with van der Waals surface area (Å²) < 4.78 is 43.0. The number of nitrogens with zero attached hydrogens (tertiary/aromatic N) is 2. The van der Waals surface area contributed by atoms with Crippen molar-refractivity contribution in [1.82, 2.24) is 9.97 Å². The Morgan fingerprint density at radius 1 is 1.25 bits per heavy atom. The van der Waals surface area contributed by atoms with Gasteiger partial charge in [-0.15, -0.1) is 0 Å². The van der Waals surface area contributed by atoms with Crippen LogP contribution in [-0.4, -0.2) is 17.1 Å². The van der Waals surface area contributed by atoms with E-state index in [0.717, 1.165) is 12.1 Å². The second kappa shape index (κ2) is 5.66. The van der Waals surface area contributed by atoms with E-state index in [4.69, 9.17) is 16.3 Å². The molecule has 0 saturated carbocycles. The van der Waals surface area contributed by atoms with Crippen LogP contribution >= 0.6 is 11.6 Å². The minimum atomic E-state index is -4.37. The summed E-state index contributed by atoms with van der Waals surface area (Å²) in [7, 11) is 1.40. The molecule has 3 nitrogen and oxygen atoms in total. The maximum atomic E-state index is 12.6. The zero-order chi connectivity index (χ0) is 14.8. The Bertz CT molecular complexity index is 617. The van der Waals surface area contributed by atoms with Crippen molar-refractivity contribution in [3.8, 4) is 5.75 Å². The lowest BCUT2D eigenvalue weighted by molar-refractivity contribution is -0.137. The van der Waals surface area contributed by atoms with Crippen molar-refractivity contribution in [2.45, 2.75) is 12.6 Å². The molecule has 1 heterocycles. The quantitative estimate of drug-likeness (QED) is 0.810. The average Bonchev–Trinajstić information content (AvgIpc) is 2.38. The number of ether oxygens (including phenoxy) is 1. The van der Waals surface area contributed by atoms with Crippen LogP contribution in [0.1, 0.15) is 16.8 Å². The Morgan fingerprint density at radius 2 is 2.00 bits per heavy atom. The van der Waals surface area contributed by atoms with Crippen molar-refractivity contribution in [2.75, 3.05) is 7.11 Å². The molecule has 2 rings (SSSR count). The molecular formula is C13H10ClF3N2O. The van der Waals surface area contributed by atoms with Crippen LogP contribution in [0.5, 0.6) is 5.75 Å². The molecule has 0 spiro atoms. The fourth-order valence-corrected chi connectivity index (χ4v) is 1.99. The van der Waals surface area contributed by atoms with Gasteiger partial charge in [-0.25, -0.2) is 9.97 Å². The first kappa shape index (κ1) is 14.6. The van der Waals surface area contributed by atoms with E-state index in [9.17, 15) is 13.2 Å². The molecular weight excluding hydrogens is 293 g/mol. The zero-order valence-corrected chi connectivity index (χ0v) is 11.2. The molecule has 0 aliphatic rings. The second-order valence-corrected chi connectivity index (χ2v) is 4.38. The predicted octanol–water partition coefficient (Wildman–Crippen LogP) is 3.75. The van der Waals surface area contributed by atoms with Gasteiger partial charge in [-0.3, -0.25) is 0 Å². The summed E-state index contributed by atoms with van der Waals surface area (Å²) >= 11 is 5.84. The molecule has 0 radical (unpaired) electrons. The molecule has 0 aliphatic heterocycles. The van der Waals surface area contributed by atoms with Gasteiger partial charge in [0.05, 0.1) is 18.4 Å². The van der Waals surface area contributed by atoms with Gasteiger partial charge < -0.3 is 4.74 Å². The van der Waals surface area contributed by atoms with Crippen LogP contribution in [-0.2, 0) is 12.6 Å². The molecule has 0 N–H and O–H groups in total. The van der Waals surface area contributed by atoms with Crippen molar-refractivity contribution in [2.24, 2.45) is 0 Å². The number of methoxy groups -OCH3 is 1. The van der Waals surface area contributed by atoms with Crippen LogP contribution in [0.4, 0.5) is 13.2 Å². The van der Waals surface area contributed by atoms with Crippen molar-refractivity contribution in [3.63, 3.8) is 0 Å². The molecule has 0 amide bonds. The van der Waals surface area contributed by atoms with E-state index in [1.54, 1.807) is 6.07 Å². The smallest absolute Gasteiger partial charge is 0.416 e. The Labute approximate surface area is 118 Å². The summed E-state index contributed by atoms with van der Waals surface area (Å²) in [6, 6.07) is 5.04. The lowest BCUT2D eigenvalue weighted by Crippen LogP contribution is -2.06. The fraction of sp³-hybridized carbons (Fsp3) is 0.231. The SMILES string of the molecule is COc1c(Cl)ncnc1Cc1cccc(C(F)(F)F)c1. The van der Waals surface area contributed by atoms with Gasteiger partial charge >= 0.3 is 6.18 Å². The third-order valence-corrected chi connectivity index (χ3v) is 2.93. The maximum Gasteiger partial charge on any atom is 0.416 e. The van der Waals surface area contributed by atoms with E-state index in [1.807, 2.05) is 0 Å². The van der Waals surface area contributed by atoms with Crippen molar-refractivity contribution >= 4 is 11.6 Å². The van der Waals surface area contributed by atoms with Gasteiger partial charge in [0.25, 0.3) is 0 Å². The molecule has 1 aromatic carbocycles. The molecule has 2 aromatic rings. The predicted molar refractivity (Wildman–Crippen MR) is 67.8 cm³/mol. The van der Waals surface area contributed by atoms with E-state index >= 15 is 0 Å². The number of hydrogen-bond donors (Lipinski definition) is 0. The number of halogens is 4. The van der Waals surface area contributed by atoms with Gasteiger partial charge in [-0.05, 0) is 11.6 Å². The first-order chi connectivity index (χ1) is 9.41. The standard InChI is InChI=1S/C13H10ClF3N2O/c1-20-11-10(18-7-19-12(11)14)6-8-3-2-4-9(5-8)13(15,16)17/h2-5,7H,6H2,1H3. The summed E-state index contributed by atoms with van der Waals surface area (Å²) in [6.07, 6.45) is -2.95. The van der Waals surface area contributed by atoms with Gasteiger partial charge in [0, 0.05) is 6.42 Å². The molecule has 106 valence electrons. The summed E-state index contributed by atoms with van der Waals surface area (Å²) in [5, 5.41) is 0.129. The minimum absolute atomic E-state index is 0.129. The van der Waals surface area contributed by atoms with Crippen LogP contribution < -0.4 is 4.74 Å². The molecule has 1 aromatic heterocycles. The van der Waals surface area contributed by atoms with Crippen LogP contribution in [0.3, 0.4) is 0 Å².